The monoisotopic (exact) mass is 375 g/mol. The number of benzene rings is 2. The zero-order valence-electron chi connectivity index (χ0n) is 15.0. The van der Waals surface area contributed by atoms with Gasteiger partial charge in [-0.1, -0.05) is 37.6 Å². The lowest BCUT2D eigenvalue weighted by Crippen LogP contribution is -2.16. The molecule has 0 atom stereocenters. The highest BCUT2D eigenvalue weighted by molar-refractivity contribution is 6.31. The third-order valence-electron chi connectivity index (χ3n) is 3.87. The molecule has 0 aliphatic rings. The van der Waals surface area contributed by atoms with Crippen LogP contribution in [0.15, 0.2) is 36.4 Å². The first-order valence-corrected chi connectivity index (χ1v) is 8.63. The molecule has 0 saturated heterocycles. The van der Waals surface area contributed by atoms with Crippen molar-refractivity contribution in [3.63, 3.8) is 0 Å². The highest BCUT2D eigenvalue weighted by Gasteiger charge is 2.13. The molecule has 0 aliphatic carbocycles. The van der Waals surface area contributed by atoms with Gasteiger partial charge in [0, 0.05) is 10.6 Å². The topological polar surface area (TPSA) is 78.6 Å². The van der Waals surface area contributed by atoms with Crippen molar-refractivity contribution >= 4 is 23.5 Å². The molecule has 26 heavy (non-hydrogen) atoms. The van der Waals surface area contributed by atoms with E-state index in [4.69, 9.17) is 26.8 Å². The van der Waals surface area contributed by atoms with Crippen molar-refractivity contribution in [2.75, 3.05) is 6.61 Å². The quantitative estimate of drug-likeness (QED) is 0.742. The Labute approximate surface area is 158 Å². The normalized spacial score (nSPS) is 10.7. The average molecular weight is 376 g/mol. The highest BCUT2D eigenvalue weighted by atomic mass is 35.5. The maximum atomic E-state index is 12.0. The number of ether oxygens (including phenoxy) is 2. The van der Waals surface area contributed by atoms with Crippen LogP contribution in [-0.2, 0) is 16.1 Å². The lowest BCUT2D eigenvalue weighted by molar-refractivity contribution is -0.147. The Morgan fingerprint density at radius 1 is 1.19 bits per heavy atom. The van der Waals surface area contributed by atoms with Gasteiger partial charge in [0.25, 0.3) is 0 Å². The number of aryl methyl sites for hydroxylation is 1. The van der Waals surface area contributed by atoms with Gasteiger partial charge in [-0.2, -0.15) is 0 Å². The molecule has 138 valence electrons. The third-order valence-corrected chi connectivity index (χ3v) is 4.28. The first-order chi connectivity index (χ1) is 12.3. The number of carbonyl (C=O) groups excluding carboxylic acids is 2. The molecule has 1 amide bonds. The zero-order chi connectivity index (χ0) is 19.3. The van der Waals surface area contributed by atoms with Crippen LogP contribution in [0.4, 0.5) is 0 Å². The van der Waals surface area contributed by atoms with E-state index in [1.807, 2.05) is 32.9 Å². The van der Waals surface area contributed by atoms with Gasteiger partial charge in [-0.05, 0) is 53.8 Å². The van der Waals surface area contributed by atoms with E-state index in [2.05, 4.69) is 0 Å². The summed E-state index contributed by atoms with van der Waals surface area (Å²) in [5.74, 6) is -0.206. The minimum Gasteiger partial charge on any atom is -0.482 e. The van der Waals surface area contributed by atoms with Crippen molar-refractivity contribution in [2.24, 2.45) is 5.73 Å². The van der Waals surface area contributed by atoms with Gasteiger partial charge in [-0.3, -0.25) is 4.79 Å². The van der Waals surface area contributed by atoms with Gasteiger partial charge in [0.2, 0.25) is 5.91 Å². The van der Waals surface area contributed by atoms with Crippen molar-refractivity contribution < 1.29 is 19.1 Å². The Morgan fingerprint density at radius 2 is 1.92 bits per heavy atom. The Morgan fingerprint density at radius 3 is 2.58 bits per heavy atom. The van der Waals surface area contributed by atoms with Crippen LogP contribution in [0.2, 0.25) is 5.02 Å². The summed E-state index contributed by atoms with van der Waals surface area (Å²) in [7, 11) is 0. The number of halogens is 1. The fourth-order valence-electron chi connectivity index (χ4n) is 2.40. The Balaban J connectivity index is 1.96. The van der Waals surface area contributed by atoms with Crippen LogP contribution in [0, 0.1) is 6.92 Å². The number of rotatable bonds is 7. The molecule has 2 aromatic carbocycles. The maximum Gasteiger partial charge on any atom is 0.344 e. The van der Waals surface area contributed by atoms with Crippen molar-refractivity contribution in [3.8, 4) is 5.75 Å². The van der Waals surface area contributed by atoms with Crippen LogP contribution in [0.3, 0.4) is 0 Å². The van der Waals surface area contributed by atoms with Gasteiger partial charge >= 0.3 is 5.97 Å². The van der Waals surface area contributed by atoms with Crippen LogP contribution in [0.1, 0.15) is 46.8 Å². The number of amides is 1. The molecule has 0 aliphatic heterocycles. The van der Waals surface area contributed by atoms with E-state index in [9.17, 15) is 9.59 Å². The van der Waals surface area contributed by atoms with Gasteiger partial charge < -0.3 is 15.2 Å². The molecular formula is C20H22ClNO4. The van der Waals surface area contributed by atoms with E-state index in [1.54, 1.807) is 24.3 Å². The largest absolute Gasteiger partial charge is 0.482 e. The van der Waals surface area contributed by atoms with Gasteiger partial charge in [-0.15, -0.1) is 0 Å². The molecule has 0 radical (unpaired) electrons. The molecule has 0 saturated carbocycles. The van der Waals surface area contributed by atoms with Crippen LogP contribution >= 0.6 is 11.6 Å². The predicted molar refractivity (Wildman–Crippen MR) is 101 cm³/mol. The van der Waals surface area contributed by atoms with Crippen LogP contribution < -0.4 is 10.5 Å². The molecule has 0 heterocycles. The Bertz CT molecular complexity index is 817. The molecule has 6 heteroatoms. The summed E-state index contributed by atoms with van der Waals surface area (Å²) in [5.41, 5.74) is 8.10. The van der Waals surface area contributed by atoms with Gasteiger partial charge in [0.1, 0.15) is 12.4 Å². The molecular weight excluding hydrogens is 354 g/mol. The standard InChI is InChI=1S/C20H22ClNO4/c1-12(2)16-9-17(21)13(3)7-18(16)25-11-19(23)26-10-14-5-4-6-15(8-14)20(22)24/h4-9,12H,10-11H2,1-3H3,(H2,22,24). The van der Waals surface area contributed by atoms with Crippen molar-refractivity contribution in [1.82, 2.24) is 0 Å². The van der Waals surface area contributed by atoms with Crippen molar-refractivity contribution in [1.29, 1.82) is 0 Å². The van der Waals surface area contributed by atoms with Crippen molar-refractivity contribution in [2.45, 2.75) is 33.3 Å². The van der Waals surface area contributed by atoms with E-state index >= 15 is 0 Å². The van der Waals surface area contributed by atoms with E-state index in [-0.39, 0.29) is 19.1 Å². The lowest BCUT2D eigenvalue weighted by Gasteiger charge is -2.15. The number of hydrogen-bond acceptors (Lipinski definition) is 4. The van der Waals surface area contributed by atoms with E-state index in [0.717, 1.165) is 11.1 Å². The van der Waals surface area contributed by atoms with Gasteiger partial charge in [0.05, 0.1) is 0 Å². The lowest BCUT2D eigenvalue weighted by atomic mass is 10.0. The summed E-state index contributed by atoms with van der Waals surface area (Å²) in [6.07, 6.45) is 0. The predicted octanol–water partition coefficient (Wildman–Crippen LogP) is 3.99. The molecule has 0 fully saturated rings. The number of carbonyl (C=O) groups is 2. The molecule has 2 rings (SSSR count). The van der Waals surface area contributed by atoms with Crippen molar-refractivity contribution in [3.05, 3.63) is 63.7 Å². The minimum atomic E-state index is -0.527. The second kappa shape index (κ2) is 8.72. The van der Waals surface area contributed by atoms with Crippen LogP contribution in [0.5, 0.6) is 5.75 Å². The summed E-state index contributed by atoms with van der Waals surface area (Å²) in [6.45, 7) is 5.76. The molecule has 2 N–H and O–H groups in total. The molecule has 0 spiro atoms. The summed E-state index contributed by atoms with van der Waals surface area (Å²) in [4.78, 5) is 23.2. The summed E-state index contributed by atoms with van der Waals surface area (Å²) in [5, 5.41) is 0.665. The van der Waals surface area contributed by atoms with Crippen LogP contribution in [0.25, 0.3) is 0 Å². The smallest absolute Gasteiger partial charge is 0.344 e. The fraction of sp³-hybridized carbons (Fsp3) is 0.300. The molecule has 0 unspecified atom stereocenters. The number of nitrogens with two attached hydrogens (primary N) is 1. The minimum absolute atomic E-state index is 0.0417. The highest BCUT2D eigenvalue weighted by Crippen LogP contribution is 2.32. The maximum absolute atomic E-state index is 12.0. The van der Waals surface area contributed by atoms with Crippen LogP contribution in [-0.4, -0.2) is 18.5 Å². The van der Waals surface area contributed by atoms with E-state index in [0.29, 0.717) is 21.9 Å². The molecule has 5 nitrogen and oxygen atoms in total. The fourth-order valence-corrected chi connectivity index (χ4v) is 2.58. The summed E-state index contributed by atoms with van der Waals surface area (Å²) in [6, 6.07) is 10.3. The first-order valence-electron chi connectivity index (χ1n) is 8.25. The first kappa shape index (κ1) is 19.8. The second-order valence-electron chi connectivity index (χ2n) is 6.31. The Hall–Kier alpha value is -2.53. The number of esters is 1. The van der Waals surface area contributed by atoms with Gasteiger partial charge in [-0.25, -0.2) is 4.79 Å². The molecule has 2 aromatic rings. The summed E-state index contributed by atoms with van der Waals surface area (Å²) >= 11 is 6.17. The SMILES string of the molecule is Cc1cc(OCC(=O)OCc2cccc(C(N)=O)c2)c(C(C)C)cc1Cl. The van der Waals surface area contributed by atoms with Gasteiger partial charge in [0.15, 0.2) is 6.61 Å². The van der Waals surface area contributed by atoms with E-state index in [1.165, 1.54) is 0 Å². The molecule has 0 bridgehead atoms. The zero-order valence-corrected chi connectivity index (χ0v) is 15.8. The average Bonchev–Trinajstić information content (AvgIpc) is 2.60. The number of hydrogen-bond donors (Lipinski definition) is 1. The number of primary amides is 1. The second-order valence-corrected chi connectivity index (χ2v) is 6.72. The molecule has 0 aromatic heterocycles. The summed E-state index contributed by atoms with van der Waals surface area (Å²) < 4.78 is 10.8. The van der Waals surface area contributed by atoms with E-state index < -0.39 is 11.9 Å². The Kier molecular flexibility index (Phi) is 6.64. The third kappa shape index (κ3) is 5.23.